The maximum absolute atomic E-state index is 13.9. The molecule has 0 unspecified atom stereocenters. The quantitative estimate of drug-likeness (QED) is 0.355. The van der Waals surface area contributed by atoms with E-state index >= 15 is 0 Å². The fourth-order valence-electron chi connectivity index (χ4n) is 4.41. The lowest BCUT2D eigenvalue weighted by Gasteiger charge is -2.39. The number of carboxylic acid groups (broad SMARTS) is 1. The molecule has 0 aliphatic heterocycles. The molecule has 0 radical (unpaired) electrons. The van der Waals surface area contributed by atoms with Crippen molar-refractivity contribution in [3.63, 3.8) is 0 Å². The minimum atomic E-state index is -1.12. The number of nitrogens with zero attached hydrogens (tertiary/aromatic N) is 3. The van der Waals surface area contributed by atoms with E-state index in [4.69, 9.17) is 4.74 Å². The first kappa shape index (κ1) is 36.1. The summed E-state index contributed by atoms with van der Waals surface area (Å²) in [7, 11) is 4.46. The van der Waals surface area contributed by atoms with Crippen molar-refractivity contribution in [2.45, 2.75) is 112 Å². The van der Waals surface area contributed by atoms with Crippen LogP contribution in [0, 0.1) is 17.8 Å². The molecule has 11 heteroatoms. The van der Waals surface area contributed by atoms with Gasteiger partial charge in [0.25, 0.3) is 0 Å². The summed E-state index contributed by atoms with van der Waals surface area (Å²) < 4.78 is 5.24. The van der Waals surface area contributed by atoms with Crippen molar-refractivity contribution in [2.75, 3.05) is 21.1 Å². The zero-order valence-corrected chi connectivity index (χ0v) is 26.2. The van der Waals surface area contributed by atoms with Crippen LogP contribution in [0.2, 0.25) is 0 Å². The molecular weight excluding hydrogens is 504 g/mol. The van der Waals surface area contributed by atoms with Crippen LogP contribution in [0.1, 0.15) is 82.1 Å². The fourth-order valence-corrected chi connectivity index (χ4v) is 4.41. The minimum Gasteiger partial charge on any atom is -0.480 e. The van der Waals surface area contributed by atoms with Crippen LogP contribution in [-0.4, -0.2) is 101 Å². The number of likely N-dealkylation sites (N-methyl/N-ethyl adjacent to an activating group) is 3. The highest BCUT2D eigenvalue weighted by molar-refractivity contribution is 5.94. The van der Waals surface area contributed by atoms with Gasteiger partial charge in [0.2, 0.25) is 17.7 Å². The first-order valence-corrected chi connectivity index (χ1v) is 13.6. The van der Waals surface area contributed by atoms with Crippen LogP contribution in [-0.2, 0) is 23.9 Å². The molecule has 0 aromatic heterocycles. The van der Waals surface area contributed by atoms with Crippen LogP contribution in [0.25, 0.3) is 0 Å². The number of nitrogens with one attached hydrogen (secondary N) is 1. The smallest absolute Gasteiger partial charge is 0.408 e. The monoisotopic (exact) mass is 556 g/mol. The molecule has 0 fully saturated rings. The van der Waals surface area contributed by atoms with Gasteiger partial charge in [-0.1, -0.05) is 41.5 Å². The average Bonchev–Trinajstić information content (AvgIpc) is 2.76. The zero-order valence-electron chi connectivity index (χ0n) is 26.2. The van der Waals surface area contributed by atoms with Crippen LogP contribution in [0.3, 0.4) is 0 Å². The second-order valence-electron chi connectivity index (χ2n) is 12.5. The highest BCUT2D eigenvalue weighted by Crippen LogP contribution is 2.21. The highest BCUT2D eigenvalue weighted by Gasteiger charge is 2.40. The van der Waals surface area contributed by atoms with Crippen LogP contribution in [0.4, 0.5) is 4.79 Å². The predicted octanol–water partition coefficient (Wildman–Crippen LogP) is 3.21. The molecule has 11 nitrogen and oxygen atoms in total. The molecule has 2 N–H and O–H groups in total. The number of alkyl carbamates (subject to hydrolysis) is 1. The lowest BCUT2D eigenvalue weighted by Crippen LogP contribution is -2.59. The Kier molecular flexibility index (Phi) is 14.0. The number of carboxylic acids is 1. The molecule has 0 saturated heterocycles. The molecule has 0 spiro atoms. The second kappa shape index (κ2) is 15.1. The summed E-state index contributed by atoms with van der Waals surface area (Å²) in [5, 5.41) is 12.2. The van der Waals surface area contributed by atoms with Gasteiger partial charge in [-0.15, -0.1) is 0 Å². The van der Waals surface area contributed by atoms with Gasteiger partial charge in [0.05, 0.1) is 0 Å². The molecule has 39 heavy (non-hydrogen) atoms. The predicted molar refractivity (Wildman–Crippen MR) is 150 cm³/mol. The van der Waals surface area contributed by atoms with Gasteiger partial charge in [0.15, 0.2) is 0 Å². The second-order valence-corrected chi connectivity index (χ2v) is 12.5. The lowest BCUT2D eigenvalue weighted by atomic mass is 9.96. The van der Waals surface area contributed by atoms with Gasteiger partial charge in [-0.2, -0.15) is 0 Å². The molecule has 226 valence electrons. The molecule has 0 rings (SSSR count). The molecule has 0 heterocycles. The Bertz CT molecular complexity index is 866. The van der Waals surface area contributed by atoms with E-state index in [-0.39, 0.29) is 17.8 Å². The summed E-state index contributed by atoms with van der Waals surface area (Å²) in [6.07, 6.45) is -0.102. The van der Waals surface area contributed by atoms with Crippen molar-refractivity contribution in [3.05, 3.63) is 0 Å². The van der Waals surface area contributed by atoms with Crippen LogP contribution >= 0.6 is 0 Å². The third kappa shape index (κ3) is 11.4. The number of hydrogen-bond acceptors (Lipinski definition) is 6. The Morgan fingerprint density at radius 1 is 0.718 bits per heavy atom. The third-order valence-electron chi connectivity index (χ3n) is 6.34. The van der Waals surface area contributed by atoms with E-state index in [1.807, 2.05) is 27.7 Å². The maximum Gasteiger partial charge on any atom is 0.408 e. The summed E-state index contributed by atoms with van der Waals surface area (Å²) in [4.78, 5) is 68.7. The third-order valence-corrected chi connectivity index (χ3v) is 6.34. The van der Waals surface area contributed by atoms with Gasteiger partial charge in [0, 0.05) is 21.1 Å². The number of aliphatic carboxylic acids is 1. The highest BCUT2D eigenvalue weighted by atomic mass is 16.6. The van der Waals surface area contributed by atoms with Gasteiger partial charge < -0.3 is 29.9 Å². The molecule has 4 atom stereocenters. The van der Waals surface area contributed by atoms with Crippen molar-refractivity contribution in [3.8, 4) is 0 Å². The molecule has 4 amide bonds. The van der Waals surface area contributed by atoms with E-state index in [0.717, 1.165) is 0 Å². The molecular formula is C28H52N4O7. The average molecular weight is 557 g/mol. The normalized spacial score (nSPS) is 14.9. The topological polar surface area (TPSA) is 137 Å². The van der Waals surface area contributed by atoms with E-state index in [9.17, 15) is 29.1 Å². The summed E-state index contributed by atoms with van der Waals surface area (Å²) >= 11 is 0. The zero-order chi connectivity index (χ0) is 31.0. The van der Waals surface area contributed by atoms with Crippen molar-refractivity contribution in [2.24, 2.45) is 17.8 Å². The Morgan fingerprint density at radius 2 is 1.10 bits per heavy atom. The summed E-state index contributed by atoms with van der Waals surface area (Å²) in [5.41, 5.74) is -0.738. The van der Waals surface area contributed by atoms with Gasteiger partial charge in [-0.25, -0.2) is 9.59 Å². The Morgan fingerprint density at radius 3 is 1.44 bits per heavy atom. The lowest BCUT2D eigenvalue weighted by molar-refractivity contribution is -0.156. The summed E-state index contributed by atoms with van der Waals surface area (Å²) in [6.45, 7) is 17.8. The van der Waals surface area contributed by atoms with E-state index in [1.54, 1.807) is 34.6 Å². The van der Waals surface area contributed by atoms with Crippen molar-refractivity contribution >= 4 is 29.8 Å². The van der Waals surface area contributed by atoms with Gasteiger partial charge in [0.1, 0.15) is 29.8 Å². The van der Waals surface area contributed by atoms with Crippen molar-refractivity contribution in [1.82, 2.24) is 20.0 Å². The van der Waals surface area contributed by atoms with Crippen LogP contribution in [0.5, 0.6) is 0 Å². The van der Waals surface area contributed by atoms with E-state index in [0.29, 0.717) is 12.8 Å². The van der Waals surface area contributed by atoms with Crippen molar-refractivity contribution in [1.29, 1.82) is 0 Å². The van der Waals surface area contributed by atoms with Crippen LogP contribution in [0.15, 0.2) is 0 Å². The molecule has 0 aromatic rings. The number of ether oxygens (including phenoxy) is 1. The number of carbonyl (C=O) groups is 5. The standard InChI is InChI=1S/C28H52N4O7/c1-16(2)14-20(30(11)23(33)19(7)29-27(38)39-28(8,9)10)24(34)31(12)21(15-17(3)4)25(35)32(13)22(18(5)6)26(36)37/h16-22H,14-15H2,1-13H3,(H,29,38)(H,36,37)/t19-,20+,21+,22+/m1/s1. The SMILES string of the molecule is CC(C)C[C@@H](C(=O)N(C)[C@@H](CC(C)C)C(=O)N(C)[C@H](C(=O)O)C(C)C)N(C)C(=O)[C@@H](C)NC(=O)OC(C)(C)C. The molecule has 0 aromatic carbocycles. The molecule has 0 aliphatic rings. The van der Waals surface area contributed by atoms with E-state index < -0.39 is 59.6 Å². The van der Waals surface area contributed by atoms with Crippen LogP contribution < -0.4 is 5.32 Å². The van der Waals surface area contributed by atoms with E-state index in [2.05, 4.69) is 5.32 Å². The van der Waals surface area contributed by atoms with Gasteiger partial charge in [-0.05, 0) is 58.3 Å². The Labute approximate surface area is 234 Å². The maximum atomic E-state index is 13.9. The number of carbonyl (C=O) groups excluding carboxylic acids is 4. The molecule has 0 bridgehead atoms. The fraction of sp³-hybridized carbons (Fsp3) is 0.821. The number of hydrogen-bond donors (Lipinski definition) is 2. The number of amides is 4. The van der Waals surface area contributed by atoms with Gasteiger partial charge in [-0.3, -0.25) is 14.4 Å². The molecule has 0 aliphatic carbocycles. The largest absolute Gasteiger partial charge is 0.480 e. The Hall–Kier alpha value is -2.85. The first-order valence-electron chi connectivity index (χ1n) is 13.6. The minimum absolute atomic E-state index is 0.0332. The van der Waals surface area contributed by atoms with E-state index in [1.165, 1.54) is 42.8 Å². The molecule has 0 saturated carbocycles. The summed E-state index contributed by atoms with van der Waals surface area (Å²) in [5.74, 6) is -2.78. The Balaban J connectivity index is 6.12. The van der Waals surface area contributed by atoms with Gasteiger partial charge >= 0.3 is 12.1 Å². The first-order chi connectivity index (χ1) is 17.6. The number of rotatable bonds is 13. The van der Waals surface area contributed by atoms with Crippen molar-refractivity contribution < 1.29 is 33.8 Å². The summed E-state index contributed by atoms with van der Waals surface area (Å²) in [6, 6.07) is -3.83.